The topological polar surface area (TPSA) is 87.1 Å². The Hall–Kier alpha value is -0.995. The zero-order valence-electron chi connectivity index (χ0n) is 9.99. The molecule has 1 fully saturated rings. The number of ether oxygens (including phenoxy) is 1. The molecule has 1 aliphatic rings. The summed E-state index contributed by atoms with van der Waals surface area (Å²) in [6, 6.07) is 3.00. The van der Waals surface area contributed by atoms with Crippen LogP contribution in [0.5, 0.6) is 0 Å². The van der Waals surface area contributed by atoms with Gasteiger partial charge in [-0.25, -0.2) is 12.8 Å². The normalized spacial score (nSPS) is 17.4. The van der Waals surface area contributed by atoms with Gasteiger partial charge in [0.2, 0.25) is 10.0 Å². The van der Waals surface area contributed by atoms with E-state index in [0.29, 0.717) is 13.2 Å². The van der Waals surface area contributed by atoms with Crippen molar-refractivity contribution in [2.45, 2.75) is 4.90 Å². The van der Waals surface area contributed by atoms with Gasteiger partial charge in [0.05, 0.1) is 18.1 Å². The number of rotatable bonds is 3. The molecule has 1 heterocycles. The summed E-state index contributed by atoms with van der Waals surface area (Å²) < 4.78 is 44.2. The monoisotopic (exact) mass is 289 g/mol. The molecule has 0 spiro atoms. The van der Waals surface area contributed by atoms with Crippen molar-refractivity contribution in [3.05, 3.63) is 24.0 Å². The highest BCUT2D eigenvalue weighted by Crippen LogP contribution is 2.17. The van der Waals surface area contributed by atoms with Crippen molar-refractivity contribution in [2.75, 3.05) is 26.3 Å². The minimum atomic E-state index is -3.78. The molecule has 1 aromatic rings. The fraction of sp³-hybridized carbons (Fsp3) is 0.400. The molecule has 0 unspecified atom stereocenters. The van der Waals surface area contributed by atoms with Crippen molar-refractivity contribution < 1.29 is 27.6 Å². The third kappa shape index (κ3) is 2.95. The fourth-order valence-corrected chi connectivity index (χ4v) is 3.23. The van der Waals surface area contributed by atoms with Crippen LogP contribution in [0.25, 0.3) is 0 Å². The van der Waals surface area contributed by atoms with E-state index >= 15 is 0 Å². The number of sulfonamides is 1. The first-order chi connectivity index (χ1) is 8.93. The van der Waals surface area contributed by atoms with Crippen LogP contribution < -0.4 is 5.46 Å². The number of morpholine rings is 1. The minimum Gasteiger partial charge on any atom is -0.423 e. The molecule has 1 saturated heterocycles. The van der Waals surface area contributed by atoms with Gasteiger partial charge < -0.3 is 14.8 Å². The van der Waals surface area contributed by atoms with E-state index in [1.165, 1.54) is 4.31 Å². The second-order valence-corrected chi connectivity index (χ2v) is 6.01. The summed E-state index contributed by atoms with van der Waals surface area (Å²) in [6.45, 7) is 1.03. The summed E-state index contributed by atoms with van der Waals surface area (Å²) in [5.74, 6) is -0.968. The fourth-order valence-electron chi connectivity index (χ4n) is 1.81. The maximum Gasteiger partial charge on any atom is 0.491 e. The Labute approximate surface area is 110 Å². The number of nitrogens with zero attached hydrogens (tertiary/aromatic N) is 1. The number of halogens is 1. The van der Waals surface area contributed by atoms with Gasteiger partial charge >= 0.3 is 7.12 Å². The number of hydrogen-bond acceptors (Lipinski definition) is 5. The molecule has 0 amide bonds. The Morgan fingerprint density at radius 1 is 1.26 bits per heavy atom. The maximum atomic E-state index is 13.6. The first-order valence-electron chi connectivity index (χ1n) is 5.66. The van der Waals surface area contributed by atoms with E-state index in [0.717, 1.165) is 18.2 Å². The molecule has 1 aliphatic heterocycles. The van der Waals surface area contributed by atoms with Gasteiger partial charge in [-0.05, 0) is 12.1 Å². The lowest BCUT2D eigenvalue weighted by molar-refractivity contribution is 0.0730. The third-order valence-electron chi connectivity index (χ3n) is 2.86. The summed E-state index contributed by atoms with van der Waals surface area (Å²) in [6.07, 6.45) is 0. The summed E-state index contributed by atoms with van der Waals surface area (Å²) in [5.41, 5.74) is -0.360. The molecule has 19 heavy (non-hydrogen) atoms. The van der Waals surface area contributed by atoms with E-state index in [2.05, 4.69) is 0 Å². The minimum absolute atomic E-state index is 0.212. The molecular formula is C10H13BFNO5S. The first-order valence-corrected chi connectivity index (χ1v) is 7.10. The maximum absolute atomic E-state index is 13.6. The zero-order chi connectivity index (χ0) is 14.0. The lowest BCUT2D eigenvalue weighted by Gasteiger charge is -2.26. The molecule has 0 radical (unpaired) electrons. The summed E-state index contributed by atoms with van der Waals surface area (Å²) in [4.78, 5) is -0.212. The van der Waals surface area contributed by atoms with Gasteiger partial charge in [-0.15, -0.1) is 0 Å². The smallest absolute Gasteiger partial charge is 0.423 e. The highest BCUT2D eigenvalue weighted by Gasteiger charge is 2.28. The Kier molecular flexibility index (Phi) is 4.21. The highest BCUT2D eigenvalue weighted by molar-refractivity contribution is 7.89. The highest BCUT2D eigenvalue weighted by atomic mass is 32.2. The SMILES string of the molecule is O=S(=O)(c1ccc(B(O)O)c(F)c1)N1CCOCC1. The van der Waals surface area contributed by atoms with Crippen LogP contribution in [0.1, 0.15) is 0 Å². The Balaban J connectivity index is 2.33. The molecular weight excluding hydrogens is 276 g/mol. The molecule has 0 aromatic heterocycles. The van der Waals surface area contributed by atoms with Gasteiger partial charge in [-0.3, -0.25) is 0 Å². The molecule has 2 rings (SSSR count). The average molecular weight is 289 g/mol. The Morgan fingerprint density at radius 3 is 2.42 bits per heavy atom. The van der Waals surface area contributed by atoms with Crippen LogP contribution in [0.15, 0.2) is 23.1 Å². The predicted octanol–water partition coefficient (Wildman–Crippen LogP) is -1.47. The molecule has 104 valence electrons. The van der Waals surface area contributed by atoms with Crippen LogP contribution in [0.4, 0.5) is 4.39 Å². The van der Waals surface area contributed by atoms with E-state index in [1.807, 2.05) is 0 Å². The van der Waals surface area contributed by atoms with Crippen molar-refractivity contribution in [3.8, 4) is 0 Å². The summed E-state index contributed by atoms with van der Waals surface area (Å²) >= 11 is 0. The van der Waals surface area contributed by atoms with Gasteiger partial charge in [0.1, 0.15) is 5.82 Å². The lowest BCUT2D eigenvalue weighted by Crippen LogP contribution is -2.41. The van der Waals surface area contributed by atoms with E-state index in [-0.39, 0.29) is 23.4 Å². The van der Waals surface area contributed by atoms with Crippen LogP contribution in [0.2, 0.25) is 0 Å². The number of hydrogen-bond donors (Lipinski definition) is 2. The average Bonchev–Trinajstić information content (AvgIpc) is 2.39. The molecule has 1 aromatic carbocycles. The van der Waals surface area contributed by atoms with E-state index < -0.39 is 23.0 Å². The van der Waals surface area contributed by atoms with Gasteiger partial charge in [-0.2, -0.15) is 4.31 Å². The zero-order valence-corrected chi connectivity index (χ0v) is 10.8. The number of benzene rings is 1. The Bertz CT molecular complexity index is 559. The van der Waals surface area contributed by atoms with Crippen LogP contribution in [0, 0.1) is 5.82 Å². The molecule has 0 atom stereocenters. The van der Waals surface area contributed by atoms with E-state index in [9.17, 15) is 12.8 Å². The van der Waals surface area contributed by atoms with Crippen LogP contribution >= 0.6 is 0 Å². The lowest BCUT2D eigenvalue weighted by atomic mass is 9.80. The second-order valence-electron chi connectivity index (χ2n) is 4.07. The third-order valence-corrected chi connectivity index (χ3v) is 4.75. The largest absolute Gasteiger partial charge is 0.491 e. The van der Waals surface area contributed by atoms with Crippen molar-refractivity contribution in [1.29, 1.82) is 0 Å². The Morgan fingerprint density at radius 2 is 1.89 bits per heavy atom. The van der Waals surface area contributed by atoms with Crippen molar-refractivity contribution in [3.63, 3.8) is 0 Å². The van der Waals surface area contributed by atoms with Crippen LogP contribution in [0.3, 0.4) is 0 Å². The molecule has 2 N–H and O–H groups in total. The van der Waals surface area contributed by atoms with Crippen molar-refractivity contribution in [2.24, 2.45) is 0 Å². The molecule has 9 heteroatoms. The molecule has 0 aliphatic carbocycles. The van der Waals surface area contributed by atoms with Gasteiger partial charge in [0, 0.05) is 18.6 Å². The van der Waals surface area contributed by atoms with E-state index in [4.69, 9.17) is 14.8 Å². The van der Waals surface area contributed by atoms with Crippen molar-refractivity contribution in [1.82, 2.24) is 4.31 Å². The van der Waals surface area contributed by atoms with E-state index in [1.54, 1.807) is 0 Å². The summed E-state index contributed by atoms with van der Waals surface area (Å²) in [7, 11) is -5.75. The summed E-state index contributed by atoms with van der Waals surface area (Å²) in [5, 5.41) is 17.8. The second kappa shape index (κ2) is 5.55. The first kappa shape index (κ1) is 14.4. The van der Waals surface area contributed by atoms with Crippen LogP contribution in [-0.2, 0) is 14.8 Å². The van der Waals surface area contributed by atoms with Crippen LogP contribution in [-0.4, -0.2) is 56.2 Å². The van der Waals surface area contributed by atoms with Crippen molar-refractivity contribution >= 4 is 22.6 Å². The standard InChI is InChI=1S/C10H13BFNO5S/c12-10-7-8(1-2-9(10)11(14)15)19(16,17)13-3-5-18-6-4-13/h1-2,7,14-15H,3-6H2. The van der Waals surface area contributed by atoms with Gasteiger partial charge in [0.25, 0.3) is 0 Å². The predicted molar refractivity (Wildman–Crippen MR) is 65.8 cm³/mol. The molecule has 0 bridgehead atoms. The van der Waals surface area contributed by atoms with Gasteiger partial charge in [0.15, 0.2) is 0 Å². The quantitative estimate of drug-likeness (QED) is 0.663. The van der Waals surface area contributed by atoms with Gasteiger partial charge in [-0.1, -0.05) is 6.07 Å². The molecule has 0 saturated carbocycles. The molecule has 6 nitrogen and oxygen atoms in total.